The number of hydrogen-bond acceptors (Lipinski definition) is 2. The lowest BCUT2D eigenvalue weighted by Gasteiger charge is -2.14. The Morgan fingerprint density at radius 1 is 1.24 bits per heavy atom. The maximum atomic E-state index is 11.8. The van der Waals surface area contributed by atoms with Crippen LogP contribution in [0.25, 0.3) is 0 Å². The van der Waals surface area contributed by atoms with Crippen molar-refractivity contribution >= 4 is 23.2 Å². The molecule has 0 spiro atoms. The highest BCUT2D eigenvalue weighted by atomic mass is 35.5. The van der Waals surface area contributed by atoms with E-state index in [2.05, 4.69) is 19.2 Å². The fraction of sp³-hybridized carbons (Fsp3) is 0.381. The maximum Gasteiger partial charge on any atom is 0.224 e. The van der Waals surface area contributed by atoms with Crippen LogP contribution in [-0.2, 0) is 11.2 Å². The van der Waals surface area contributed by atoms with Gasteiger partial charge in [0.05, 0.1) is 0 Å². The highest BCUT2D eigenvalue weighted by Crippen LogP contribution is 2.31. The smallest absolute Gasteiger partial charge is 0.224 e. The minimum absolute atomic E-state index is 0.00539. The molecule has 0 radical (unpaired) electrons. The van der Waals surface area contributed by atoms with Gasteiger partial charge >= 0.3 is 0 Å². The number of rotatable bonds is 6. The molecular formula is C21H26ClNO2. The highest BCUT2D eigenvalue weighted by Gasteiger charge is 2.12. The number of aromatic hydroxyl groups is 1. The van der Waals surface area contributed by atoms with Gasteiger partial charge in [0.25, 0.3) is 0 Å². The van der Waals surface area contributed by atoms with Crippen LogP contribution in [0.1, 0.15) is 61.8 Å². The Kier molecular flexibility index (Phi) is 6.49. The second-order valence-electron chi connectivity index (χ2n) is 6.78. The lowest BCUT2D eigenvalue weighted by molar-refractivity contribution is -0.116. The molecule has 2 aromatic carbocycles. The summed E-state index contributed by atoms with van der Waals surface area (Å²) in [5, 5.41) is 13.5. The van der Waals surface area contributed by atoms with Gasteiger partial charge < -0.3 is 10.4 Å². The van der Waals surface area contributed by atoms with Crippen molar-refractivity contribution in [3.63, 3.8) is 0 Å². The number of phenols is 1. The standard InChI is InChI=1S/C21H26ClNO2/c1-5-6-21(25)23-16-9-14(4)18(19(22)12-16)11-15-7-8-20(24)17(10-15)13(2)3/h7-10,12-13,24H,5-6,11H2,1-4H3,(H,23,25). The molecule has 25 heavy (non-hydrogen) atoms. The summed E-state index contributed by atoms with van der Waals surface area (Å²) in [7, 11) is 0. The summed E-state index contributed by atoms with van der Waals surface area (Å²) < 4.78 is 0. The van der Waals surface area contributed by atoms with Gasteiger partial charge in [-0.3, -0.25) is 4.79 Å². The molecule has 0 heterocycles. The van der Waals surface area contributed by atoms with E-state index in [-0.39, 0.29) is 11.8 Å². The third-order valence-electron chi connectivity index (χ3n) is 4.27. The first-order valence-electron chi connectivity index (χ1n) is 8.72. The molecule has 4 heteroatoms. The minimum atomic E-state index is 0.00539. The lowest BCUT2D eigenvalue weighted by atomic mass is 9.95. The maximum absolute atomic E-state index is 11.8. The first kappa shape index (κ1) is 19.3. The molecule has 0 bridgehead atoms. The van der Waals surface area contributed by atoms with Crippen molar-refractivity contribution in [2.45, 2.75) is 52.9 Å². The van der Waals surface area contributed by atoms with Gasteiger partial charge in [-0.05, 0) is 66.1 Å². The Morgan fingerprint density at radius 3 is 2.56 bits per heavy atom. The first-order chi connectivity index (χ1) is 11.8. The molecule has 0 saturated carbocycles. The van der Waals surface area contributed by atoms with Crippen molar-refractivity contribution in [1.29, 1.82) is 0 Å². The zero-order valence-corrected chi connectivity index (χ0v) is 16.1. The van der Waals surface area contributed by atoms with E-state index in [4.69, 9.17) is 11.6 Å². The molecule has 2 N–H and O–H groups in total. The topological polar surface area (TPSA) is 49.3 Å². The molecule has 0 saturated heterocycles. The molecule has 1 amide bonds. The van der Waals surface area contributed by atoms with Crippen LogP contribution in [-0.4, -0.2) is 11.0 Å². The minimum Gasteiger partial charge on any atom is -0.508 e. The molecule has 2 aromatic rings. The van der Waals surface area contributed by atoms with Gasteiger partial charge in [-0.15, -0.1) is 0 Å². The SMILES string of the molecule is CCCC(=O)Nc1cc(C)c(Cc2ccc(O)c(C(C)C)c2)c(Cl)c1. The summed E-state index contributed by atoms with van der Waals surface area (Å²) in [6.45, 7) is 8.10. The Balaban J connectivity index is 2.26. The van der Waals surface area contributed by atoms with Crippen LogP contribution >= 0.6 is 11.6 Å². The molecule has 3 nitrogen and oxygen atoms in total. The number of benzene rings is 2. The predicted octanol–water partition coefficient (Wildman–Crippen LogP) is 5.81. The number of anilines is 1. The van der Waals surface area contributed by atoms with Crippen molar-refractivity contribution in [3.8, 4) is 5.75 Å². The van der Waals surface area contributed by atoms with Crippen LogP contribution in [0.15, 0.2) is 30.3 Å². The normalized spacial score (nSPS) is 11.0. The highest BCUT2D eigenvalue weighted by molar-refractivity contribution is 6.31. The van der Waals surface area contributed by atoms with E-state index in [1.165, 1.54) is 0 Å². The Morgan fingerprint density at radius 2 is 1.96 bits per heavy atom. The molecule has 0 aliphatic heterocycles. The largest absolute Gasteiger partial charge is 0.508 e. The number of carbonyl (C=O) groups excluding carboxylic acids is 1. The number of carbonyl (C=O) groups is 1. The van der Waals surface area contributed by atoms with Gasteiger partial charge in [-0.1, -0.05) is 44.5 Å². The monoisotopic (exact) mass is 359 g/mol. The number of aryl methyl sites for hydroxylation is 1. The average molecular weight is 360 g/mol. The van der Waals surface area contributed by atoms with Crippen LogP contribution < -0.4 is 5.32 Å². The fourth-order valence-corrected chi connectivity index (χ4v) is 3.23. The van der Waals surface area contributed by atoms with Crippen molar-refractivity contribution in [1.82, 2.24) is 0 Å². The summed E-state index contributed by atoms with van der Waals surface area (Å²) >= 11 is 6.48. The van der Waals surface area contributed by atoms with E-state index in [1.807, 2.05) is 32.0 Å². The molecule has 0 unspecified atom stereocenters. The fourth-order valence-electron chi connectivity index (χ4n) is 2.90. The molecular weight excluding hydrogens is 334 g/mol. The summed E-state index contributed by atoms with van der Waals surface area (Å²) in [4.78, 5) is 11.8. The average Bonchev–Trinajstić information content (AvgIpc) is 2.52. The van der Waals surface area contributed by atoms with E-state index in [0.29, 0.717) is 23.6 Å². The molecule has 0 aliphatic rings. The van der Waals surface area contributed by atoms with Gasteiger partial charge in [0.1, 0.15) is 5.75 Å². The van der Waals surface area contributed by atoms with Gasteiger partial charge in [0.2, 0.25) is 5.91 Å². The Hall–Kier alpha value is -2.00. The van der Waals surface area contributed by atoms with Gasteiger partial charge in [0, 0.05) is 17.1 Å². The van der Waals surface area contributed by atoms with Crippen molar-refractivity contribution in [2.75, 3.05) is 5.32 Å². The van der Waals surface area contributed by atoms with E-state index in [9.17, 15) is 9.90 Å². The zero-order chi connectivity index (χ0) is 18.6. The van der Waals surface area contributed by atoms with Gasteiger partial charge in [-0.2, -0.15) is 0 Å². The summed E-state index contributed by atoms with van der Waals surface area (Å²) in [6, 6.07) is 9.47. The predicted molar refractivity (Wildman–Crippen MR) is 105 cm³/mol. The number of hydrogen-bond donors (Lipinski definition) is 2. The number of nitrogens with one attached hydrogen (secondary N) is 1. The molecule has 134 valence electrons. The summed E-state index contributed by atoms with van der Waals surface area (Å²) in [5.41, 5.74) is 4.86. The number of amides is 1. The molecule has 0 atom stereocenters. The third kappa shape index (κ3) is 4.99. The quantitative estimate of drug-likeness (QED) is 0.684. The van der Waals surface area contributed by atoms with Gasteiger partial charge in [-0.25, -0.2) is 0 Å². The van der Waals surface area contributed by atoms with Crippen LogP contribution in [0.2, 0.25) is 5.02 Å². The summed E-state index contributed by atoms with van der Waals surface area (Å²) in [5.74, 6) is 0.592. The second kappa shape index (κ2) is 8.39. The van der Waals surface area contributed by atoms with Crippen molar-refractivity contribution in [3.05, 3.63) is 57.6 Å². The third-order valence-corrected chi connectivity index (χ3v) is 4.61. The number of halogens is 1. The second-order valence-corrected chi connectivity index (χ2v) is 7.18. The number of phenolic OH excluding ortho intramolecular Hbond substituents is 1. The van der Waals surface area contributed by atoms with Crippen LogP contribution in [0.3, 0.4) is 0 Å². The summed E-state index contributed by atoms with van der Waals surface area (Å²) in [6.07, 6.45) is 2.01. The Bertz CT molecular complexity index is 745. The van der Waals surface area contributed by atoms with E-state index >= 15 is 0 Å². The Labute approximate surface area is 155 Å². The van der Waals surface area contributed by atoms with Crippen LogP contribution in [0.5, 0.6) is 5.75 Å². The van der Waals surface area contributed by atoms with Crippen LogP contribution in [0.4, 0.5) is 5.69 Å². The van der Waals surface area contributed by atoms with Crippen molar-refractivity contribution in [2.24, 2.45) is 0 Å². The molecule has 0 aliphatic carbocycles. The molecule has 0 aromatic heterocycles. The van der Waals surface area contributed by atoms with E-state index < -0.39 is 0 Å². The van der Waals surface area contributed by atoms with E-state index in [0.717, 1.165) is 34.4 Å². The zero-order valence-electron chi connectivity index (χ0n) is 15.3. The lowest BCUT2D eigenvalue weighted by Crippen LogP contribution is -2.11. The van der Waals surface area contributed by atoms with Crippen LogP contribution in [0, 0.1) is 6.92 Å². The van der Waals surface area contributed by atoms with Crippen molar-refractivity contribution < 1.29 is 9.90 Å². The molecule has 2 rings (SSSR count). The van der Waals surface area contributed by atoms with Gasteiger partial charge in [0.15, 0.2) is 0 Å². The van der Waals surface area contributed by atoms with E-state index in [1.54, 1.807) is 12.1 Å². The first-order valence-corrected chi connectivity index (χ1v) is 9.10. The molecule has 0 fully saturated rings.